The molecule has 9 heteroatoms. The first-order chi connectivity index (χ1) is 12.4. The maximum atomic E-state index is 12.7. The fourth-order valence-electron chi connectivity index (χ4n) is 3.24. The van der Waals surface area contributed by atoms with E-state index < -0.39 is 11.2 Å². The van der Waals surface area contributed by atoms with E-state index in [1.165, 1.54) is 16.5 Å². The fourth-order valence-corrected chi connectivity index (χ4v) is 4.01. The highest BCUT2D eigenvalue weighted by Gasteiger charge is 2.36. The average molecular weight is 381 g/mol. The van der Waals surface area contributed by atoms with Crippen LogP contribution in [0.1, 0.15) is 10.6 Å². The first-order valence-corrected chi connectivity index (χ1v) is 9.14. The molecule has 26 heavy (non-hydrogen) atoms. The Bertz CT molecular complexity index is 909. The Labute approximate surface area is 152 Å². The van der Waals surface area contributed by atoms with Crippen molar-refractivity contribution < 1.29 is 13.2 Å². The van der Waals surface area contributed by atoms with Gasteiger partial charge in [-0.15, -0.1) is 10.2 Å². The van der Waals surface area contributed by atoms with E-state index in [2.05, 4.69) is 43.9 Å². The molecule has 1 aliphatic heterocycles. The van der Waals surface area contributed by atoms with E-state index in [1.54, 1.807) is 0 Å². The van der Waals surface area contributed by atoms with Crippen molar-refractivity contribution in [3.8, 4) is 0 Å². The minimum absolute atomic E-state index is 0.350. The second-order valence-corrected chi connectivity index (χ2v) is 7.43. The summed E-state index contributed by atoms with van der Waals surface area (Å²) in [6.07, 6.45) is -2.38. The molecule has 0 amide bonds. The van der Waals surface area contributed by atoms with Crippen molar-refractivity contribution in [1.82, 2.24) is 19.7 Å². The van der Waals surface area contributed by atoms with Crippen LogP contribution >= 0.6 is 11.3 Å². The lowest BCUT2D eigenvalue weighted by Gasteiger charge is -2.34. The van der Waals surface area contributed by atoms with Crippen LogP contribution in [-0.2, 0) is 19.8 Å². The van der Waals surface area contributed by atoms with E-state index in [-0.39, 0.29) is 0 Å². The van der Waals surface area contributed by atoms with Crippen molar-refractivity contribution in [1.29, 1.82) is 0 Å². The highest BCUT2D eigenvalue weighted by atomic mass is 32.1. The Hall–Kier alpha value is -2.13. The van der Waals surface area contributed by atoms with Crippen LogP contribution in [-0.4, -0.2) is 45.8 Å². The van der Waals surface area contributed by atoms with Crippen molar-refractivity contribution in [3.05, 3.63) is 41.0 Å². The summed E-state index contributed by atoms with van der Waals surface area (Å²) in [5.41, 5.74) is 2.45. The molecular weight excluding hydrogens is 363 g/mol. The van der Waals surface area contributed by atoms with Crippen LogP contribution in [0.2, 0.25) is 0 Å². The number of fused-ring (bicyclic) bond motifs is 1. The number of rotatable bonds is 3. The fraction of sp³-hybridized carbons (Fsp3) is 0.412. The van der Waals surface area contributed by atoms with Crippen molar-refractivity contribution >= 4 is 27.4 Å². The number of hydrogen-bond donors (Lipinski definition) is 0. The smallest absolute Gasteiger partial charge is 0.351 e. The van der Waals surface area contributed by atoms with E-state index in [4.69, 9.17) is 0 Å². The number of aryl methyl sites for hydroxylation is 1. The molecule has 0 spiro atoms. The molecule has 2 aromatic heterocycles. The van der Waals surface area contributed by atoms with Crippen LogP contribution in [0.5, 0.6) is 0 Å². The number of nitrogens with zero attached hydrogens (tertiary/aromatic N) is 5. The number of benzene rings is 1. The molecule has 138 valence electrons. The van der Waals surface area contributed by atoms with E-state index in [0.29, 0.717) is 29.6 Å². The lowest BCUT2D eigenvalue weighted by molar-refractivity contribution is -0.138. The maximum Gasteiger partial charge on any atom is 0.445 e. The molecule has 0 atom stereocenters. The molecule has 3 heterocycles. The molecule has 0 N–H and O–H groups in total. The third kappa shape index (κ3) is 3.41. The molecule has 1 aliphatic rings. The highest BCUT2D eigenvalue weighted by Crippen LogP contribution is 2.34. The highest BCUT2D eigenvalue weighted by molar-refractivity contribution is 7.15. The van der Waals surface area contributed by atoms with Gasteiger partial charge in [0, 0.05) is 51.5 Å². The van der Waals surface area contributed by atoms with Crippen molar-refractivity contribution in [2.24, 2.45) is 7.05 Å². The largest absolute Gasteiger partial charge is 0.445 e. The summed E-state index contributed by atoms with van der Waals surface area (Å²) in [6, 6.07) is 8.56. The topological polar surface area (TPSA) is 37.2 Å². The van der Waals surface area contributed by atoms with E-state index >= 15 is 0 Å². The van der Waals surface area contributed by atoms with E-state index in [0.717, 1.165) is 19.6 Å². The summed E-state index contributed by atoms with van der Waals surface area (Å²) < 4.78 is 40.1. The first kappa shape index (κ1) is 17.3. The van der Waals surface area contributed by atoms with Crippen LogP contribution in [0.4, 0.5) is 18.3 Å². The minimum Gasteiger partial charge on any atom is -0.351 e. The molecule has 0 unspecified atom stereocenters. The molecule has 0 aliphatic carbocycles. The van der Waals surface area contributed by atoms with Crippen LogP contribution in [0.3, 0.4) is 0 Å². The van der Waals surface area contributed by atoms with Gasteiger partial charge >= 0.3 is 6.18 Å². The molecule has 0 radical (unpaired) electrons. The predicted molar refractivity (Wildman–Crippen MR) is 95.3 cm³/mol. The van der Waals surface area contributed by atoms with Crippen molar-refractivity contribution in [3.63, 3.8) is 0 Å². The minimum atomic E-state index is -4.42. The first-order valence-electron chi connectivity index (χ1n) is 8.32. The quantitative estimate of drug-likeness (QED) is 0.697. The van der Waals surface area contributed by atoms with Gasteiger partial charge in [-0.2, -0.15) is 13.2 Å². The summed E-state index contributed by atoms with van der Waals surface area (Å²) in [6.45, 7) is 3.71. The van der Waals surface area contributed by atoms with Gasteiger partial charge in [0.05, 0.1) is 0 Å². The maximum absolute atomic E-state index is 12.7. The molecule has 1 saturated heterocycles. The Morgan fingerprint density at radius 1 is 1.08 bits per heavy atom. The average Bonchev–Trinajstić information content (AvgIpc) is 3.23. The second kappa shape index (κ2) is 6.55. The van der Waals surface area contributed by atoms with Gasteiger partial charge in [0.1, 0.15) is 0 Å². The monoisotopic (exact) mass is 381 g/mol. The zero-order valence-electron chi connectivity index (χ0n) is 14.2. The second-order valence-electron chi connectivity index (χ2n) is 6.47. The lowest BCUT2D eigenvalue weighted by Crippen LogP contribution is -2.45. The van der Waals surface area contributed by atoms with Gasteiger partial charge in [0.2, 0.25) is 10.1 Å². The number of alkyl halides is 3. The molecule has 1 fully saturated rings. The SMILES string of the molecule is Cn1ccc2cc(CN3CCN(c4nnc(C(F)(F)F)s4)CC3)ccc21. The lowest BCUT2D eigenvalue weighted by atomic mass is 10.1. The summed E-state index contributed by atoms with van der Waals surface area (Å²) >= 11 is 0.613. The normalized spacial score (nSPS) is 16.5. The Balaban J connectivity index is 1.37. The van der Waals surface area contributed by atoms with Crippen LogP contribution < -0.4 is 4.90 Å². The van der Waals surface area contributed by atoms with Crippen LogP contribution in [0.15, 0.2) is 30.5 Å². The Morgan fingerprint density at radius 3 is 2.54 bits per heavy atom. The molecular formula is C17H18F3N5S. The summed E-state index contributed by atoms with van der Waals surface area (Å²) in [5.74, 6) is 0. The predicted octanol–water partition coefficient (Wildman–Crippen LogP) is 3.37. The molecule has 3 aromatic rings. The molecule has 4 rings (SSSR count). The number of aromatic nitrogens is 3. The third-order valence-corrected chi connectivity index (χ3v) is 5.68. The van der Waals surface area contributed by atoms with Gasteiger partial charge < -0.3 is 9.47 Å². The third-order valence-electron chi connectivity index (χ3n) is 4.66. The number of anilines is 1. The number of hydrogen-bond acceptors (Lipinski definition) is 5. The van der Waals surface area contributed by atoms with Gasteiger partial charge in [-0.1, -0.05) is 17.4 Å². The molecule has 1 aromatic carbocycles. The van der Waals surface area contributed by atoms with Gasteiger partial charge in [-0.05, 0) is 29.1 Å². The van der Waals surface area contributed by atoms with Gasteiger partial charge in [0.25, 0.3) is 0 Å². The van der Waals surface area contributed by atoms with E-state index in [1.807, 2.05) is 18.1 Å². The van der Waals surface area contributed by atoms with Crippen LogP contribution in [0, 0.1) is 0 Å². The zero-order valence-corrected chi connectivity index (χ0v) is 15.0. The molecule has 0 bridgehead atoms. The van der Waals surface area contributed by atoms with Crippen LogP contribution in [0.25, 0.3) is 10.9 Å². The number of halogens is 3. The summed E-state index contributed by atoms with van der Waals surface area (Å²) in [5, 5.41) is 7.66. The number of piperazine rings is 1. The Kier molecular flexibility index (Phi) is 4.36. The summed E-state index contributed by atoms with van der Waals surface area (Å²) in [4.78, 5) is 4.19. The molecule has 5 nitrogen and oxygen atoms in total. The molecule has 0 saturated carbocycles. The van der Waals surface area contributed by atoms with Gasteiger partial charge in [-0.3, -0.25) is 4.90 Å². The standard InChI is InChI=1S/C17H18F3N5S/c1-23-5-4-13-10-12(2-3-14(13)23)11-24-6-8-25(9-7-24)16-22-21-15(26-16)17(18,19)20/h2-5,10H,6-9,11H2,1H3. The Morgan fingerprint density at radius 2 is 1.85 bits per heavy atom. The van der Waals surface area contributed by atoms with Crippen molar-refractivity contribution in [2.45, 2.75) is 12.7 Å². The van der Waals surface area contributed by atoms with Crippen molar-refractivity contribution in [2.75, 3.05) is 31.1 Å². The van der Waals surface area contributed by atoms with Gasteiger partial charge in [0.15, 0.2) is 0 Å². The zero-order chi connectivity index (χ0) is 18.3. The summed E-state index contributed by atoms with van der Waals surface area (Å²) in [7, 11) is 2.03. The van der Waals surface area contributed by atoms with E-state index in [9.17, 15) is 13.2 Å². The van der Waals surface area contributed by atoms with Gasteiger partial charge in [-0.25, -0.2) is 0 Å².